The molecule has 0 atom stereocenters. The van der Waals surface area contributed by atoms with Gasteiger partial charge in [-0.05, 0) is 30.7 Å². The van der Waals surface area contributed by atoms with Crippen molar-refractivity contribution in [3.8, 4) is 0 Å². The van der Waals surface area contributed by atoms with Crippen LogP contribution in [0.5, 0.6) is 0 Å². The number of methoxy groups -OCH3 is 1. The lowest BCUT2D eigenvalue weighted by Crippen LogP contribution is -2.25. The summed E-state index contributed by atoms with van der Waals surface area (Å²) in [6.07, 6.45) is 0.309. The number of hydrogen-bond acceptors (Lipinski definition) is 4. The molecular formula is C12H16N2O4S. The van der Waals surface area contributed by atoms with Gasteiger partial charge in [0.05, 0.1) is 6.42 Å². The Hall–Kier alpha value is -1.60. The summed E-state index contributed by atoms with van der Waals surface area (Å²) in [7, 11) is -2.19. The molecule has 0 aromatic heterocycles. The van der Waals surface area contributed by atoms with Crippen LogP contribution in [0.15, 0.2) is 18.2 Å². The van der Waals surface area contributed by atoms with Gasteiger partial charge < -0.3 is 9.64 Å². The predicted octanol–water partition coefficient (Wildman–Crippen LogP) is 0.941. The van der Waals surface area contributed by atoms with Gasteiger partial charge in [0.2, 0.25) is 5.91 Å². The van der Waals surface area contributed by atoms with Crippen molar-refractivity contribution >= 4 is 27.3 Å². The Bertz CT molecular complexity index is 598. The highest BCUT2D eigenvalue weighted by Crippen LogP contribution is 2.31. The number of carbonyl (C=O) groups is 1. The second-order valence-corrected chi connectivity index (χ2v) is 5.95. The van der Waals surface area contributed by atoms with Gasteiger partial charge in [0.25, 0.3) is 10.0 Å². The first-order chi connectivity index (χ1) is 8.96. The van der Waals surface area contributed by atoms with Crippen molar-refractivity contribution in [1.29, 1.82) is 0 Å². The average Bonchev–Trinajstić information content (AvgIpc) is 2.62. The molecule has 1 aromatic carbocycles. The van der Waals surface area contributed by atoms with E-state index in [1.165, 1.54) is 7.11 Å². The standard InChI is InChI=1S/C12H16N2O4S/c1-3-14-11-5-4-10(6-9(11)7-12(14)15)13-19(16,17)8-18-2/h4-6,13H,3,7-8H2,1-2H3. The molecule has 1 aliphatic heterocycles. The number of carbonyl (C=O) groups excluding carboxylic acids is 1. The van der Waals surface area contributed by atoms with E-state index in [4.69, 9.17) is 0 Å². The molecule has 19 heavy (non-hydrogen) atoms. The maximum atomic E-state index is 11.7. The first-order valence-corrected chi connectivity index (χ1v) is 7.55. The minimum absolute atomic E-state index is 0.0365. The van der Waals surface area contributed by atoms with Gasteiger partial charge in [-0.3, -0.25) is 9.52 Å². The quantitative estimate of drug-likeness (QED) is 0.873. The number of ether oxygens (including phenoxy) is 1. The number of amides is 1. The van der Waals surface area contributed by atoms with Gasteiger partial charge in [0.15, 0.2) is 5.94 Å². The van der Waals surface area contributed by atoms with Crippen molar-refractivity contribution in [3.05, 3.63) is 23.8 Å². The summed E-state index contributed by atoms with van der Waals surface area (Å²) in [5.41, 5.74) is 2.13. The third kappa shape index (κ3) is 2.87. The number of fused-ring (bicyclic) bond motifs is 1. The molecule has 0 unspecified atom stereocenters. The number of nitrogens with zero attached hydrogens (tertiary/aromatic N) is 1. The number of sulfonamides is 1. The Labute approximate surface area is 112 Å². The van der Waals surface area contributed by atoms with Gasteiger partial charge >= 0.3 is 0 Å². The van der Waals surface area contributed by atoms with Gasteiger partial charge in [-0.25, -0.2) is 8.42 Å². The van der Waals surface area contributed by atoms with Crippen LogP contribution in [0.1, 0.15) is 12.5 Å². The summed E-state index contributed by atoms with van der Waals surface area (Å²) in [5, 5.41) is 0. The summed E-state index contributed by atoms with van der Waals surface area (Å²) in [5.74, 6) is -0.362. The minimum atomic E-state index is -3.51. The molecule has 1 N–H and O–H groups in total. The fourth-order valence-corrected chi connectivity index (χ4v) is 3.01. The van der Waals surface area contributed by atoms with E-state index >= 15 is 0 Å². The van der Waals surface area contributed by atoms with Crippen molar-refractivity contribution < 1.29 is 17.9 Å². The van der Waals surface area contributed by atoms with Gasteiger partial charge in [0, 0.05) is 25.0 Å². The number of anilines is 2. The molecular weight excluding hydrogens is 268 g/mol. The third-order valence-corrected chi connectivity index (χ3v) is 3.97. The molecule has 1 aromatic rings. The first kappa shape index (κ1) is 13.8. The molecule has 1 aliphatic rings. The zero-order chi connectivity index (χ0) is 14.0. The monoisotopic (exact) mass is 284 g/mol. The predicted molar refractivity (Wildman–Crippen MR) is 72.6 cm³/mol. The van der Waals surface area contributed by atoms with E-state index in [1.54, 1.807) is 23.1 Å². The van der Waals surface area contributed by atoms with Gasteiger partial charge in [-0.15, -0.1) is 0 Å². The summed E-state index contributed by atoms with van der Waals surface area (Å²) >= 11 is 0. The zero-order valence-corrected chi connectivity index (χ0v) is 11.7. The van der Waals surface area contributed by atoms with Crippen LogP contribution in [0.4, 0.5) is 11.4 Å². The third-order valence-electron chi connectivity index (χ3n) is 2.88. The van der Waals surface area contributed by atoms with E-state index in [2.05, 4.69) is 9.46 Å². The normalized spacial score (nSPS) is 14.6. The molecule has 0 fully saturated rings. The Kier molecular flexibility index (Phi) is 3.77. The van der Waals surface area contributed by atoms with Gasteiger partial charge in [-0.2, -0.15) is 0 Å². The number of nitrogens with one attached hydrogen (secondary N) is 1. The summed E-state index contributed by atoms with van der Waals surface area (Å²) in [4.78, 5) is 13.4. The highest BCUT2D eigenvalue weighted by atomic mass is 32.2. The first-order valence-electron chi connectivity index (χ1n) is 5.89. The lowest BCUT2D eigenvalue weighted by molar-refractivity contribution is -0.117. The molecule has 2 rings (SSSR count). The van der Waals surface area contributed by atoms with Crippen LogP contribution >= 0.6 is 0 Å². The van der Waals surface area contributed by atoms with E-state index in [0.717, 1.165) is 11.3 Å². The molecule has 0 saturated heterocycles. The topological polar surface area (TPSA) is 75.7 Å². The molecule has 6 nitrogen and oxygen atoms in total. The largest absolute Gasteiger partial charge is 0.367 e. The fraction of sp³-hybridized carbons (Fsp3) is 0.417. The minimum Gasteiger partial charge on any atom is -0.367 e. The fourth-order valence-electron chi connectivity index (χ4n) is 2.16. The van der Waals surface area contributed by atoms with Crippen LogP contribution in [0.2, 0.25) is 0 Å². The van der Waals surface area contributed by atoms with Gasteiger partial charge in [-0.1, -0.05) is 0 Å². The van der Waals surface area contributed by atoms with Crippen molar-refractivity contribution in [3.63, 3.8) is 0 Å². The second kappa shape index (κ2) is 5.18. The Morgan fingerprint density at radius 3 is 2.79 bits per heavy atom. The van der Waals surface area contributed by atoms with E-state index in [1.807, 2.05) is 6.92 Å². The average molecular weight is 284 g/mol. The van der Waals surface area contributed by atoms with E-state index in [9.17, 15) is 13.2 Å². The molecule has 0 radical (unpaired) electrons. The van der Waals surface area contributed by atoms with Crippen LogP contribution in [0.25, 0.3) is 0 Å². The molecule has 104 valence electrons. The molecule has 0 bridgehead atoms. The van der Waals surface area contributed by atoms with Crippen molar-refractivity contribution in [2.45, 2.75) is 13.3 Å². The highest BCUT2D eigenvalue weighted by molar-refractivity contribution is 7.92. The van der Waals surface area contributed by atoms with E-state index in [0.29, 0.717) is 18.7 Å². The summed E-state index contributed by atoms with van der Waals surface area (Å²) in [6, 6.07) is 5.10. The van der Waals surface area contributed by atoms with Gasteiger partial charge in [0.1, 0.15) is 0 Å². The lowest BCUT2D eigenvalue weighted by Gasteiger charge is -2.15. The number of likely N-dealkylation sites (N-methyl/N-ethyl adjacent to an activating group) is 1. The van der Waals surface area contributed by atoms with Crippen molar-refractivity contribution in [2.24, 2.45) is 0 Å². The Balaban J connectivity index is 2.25. The maximum Gasteiger partial charge on any atom is 0.257 e. The highest BCUT2D eigenvalue weighted by Gasteiger charge is 2.26. The smallest absolute Gasteiger partial charge is 0.257 e. The molecule has 1 amide bonds. The van der Waals surface area contributed by atoms with Crippen LogP contribution < -0.4 is 9.62 Å². The second-order valence-electron chi connectivity index (χ2n) is 4.28. The zero-order valence-electron chi connectivity index (χ0n) is 10.8. The molecule has 7 heteroatoms. The van der Waals surface area contributed by atoms with E-state index < -0.39 is 16.0 Å². The Morgan fingerprint density at radius 2 is 2.16 bits per heavy atom. The molecule has 1 heterocycles. The van der Waals surface area contributed by atoms with Crippen molar-refractivity contribution in [2.75, 3.05) is 29.2 Å². The van der Waals surface area contributed by atoms with Crippen molar-refractivity contribution in [1.82, 2.24) is 0 Å². The molecule has 0 aliphatic carbocycles. The lowest BCUT2D eigenvalue weighted by atomic mass is 10.1. The number of hydrogen-bond donors (Lipinski definition) is 1. The summed E-state index contributed by atoms with van der Waals surface area (Å²) < 4.78 is 30.2. The number of rotatable bonds is 5. The SMILES string of the molecule is CCN1C(=O)Cc2cc(NS(=O)(=O)COC)ccc21. The summed E-state index contributed by atoms with van der Waals surface area (Å²) in [6.45, 7) is 2.52. The Morgan fingerprint density at radius 1 is 1.42 bits per heavy atom. The molecule has 0 saturated carbocycles. The maximum absolute atomic E-state index is 11.7. The van der Waals surface area contributed by atoms with Crippen LogP contribution in [0.3, 0.4) is 0 Å². The van der Waals surface area contributed by atoms with Crippen LogP contribution in [-0.2, 0) is 26.0 Å². The molecule has 0 spiro atoms. The van der Waals surface area contributed by atoms with Crippen LogP contribution in [-0.4, -0.2) is 33.9 Å². The van der Waals surface area contributed by atoms with E-state index in [-0.39, 0.29) is 5.91 Å². The van der Waals surface area contributed by atoms with Crippen LogP contribution in [0, 0.1) is 0 Å². The number of benzene rings is 1.